The van der Waals surface area contributed by atoms with Crippen molar-refractivity contribution in [2.24, 2.45) is 0 Å². The molecule has 132 valence electrons. The van der Waals surface area contributed by atoms with E-state index in [1.54, 1.807) is 30.5 Å². The zero-order chi connectivity index (χ0) is 18.5. The van der Waals surface area contributed by atoms with E-state index in [2.05, 4.69) is 41.6 Å². The second-order valence-corrected chi connectivity index (χ2v) is 6.64. The minimum atomic E-state index is -0.271. The Labute approximate surface area is 158 Å². The lowest BCUT2D eigenvalue weighted by Crippen LogP contribution is -2.14. The Hall–Kier alpha value is -2.85. The summed E-state index contributed by atoms with van der Waals surface area (Å²) in [4.78, 5) is 17.0. The van der Waals surface area contributed by atoms with Crippen molar-refractivity contribution < 1.29 is 4.79 Å². The number of amides is 1. The number of pyridine rings is 1. The lowest BCUT2D eigenvalue weighted by atomic mass is 10.0. The van der Waals surface area contributed by atoms with Gasteiger partial charge in [-0.2, -0.15) is 0 Å². The van der Waals surface area contributed by atoms with Gasteiger partial charge in [0.25, 0.3) is 5.91 Å². The van der Waals surface area contributed by atoms with Gasteiger partial charge in [0.1, 0.15) is 5.82 Å². The number of para-hydroxylation sites is 1. The maximum absolute atomic E-state index is 12.7. The van der Waals surface area contributed by atoms with Crippen LogP contribution in [-0.4, -0.2) is 10.9 Å². The van der Waals surface area contributed by atoms with Gasteiger partial charge in [-0.25, -0.2) is 4.98 Å². The fourth-order valence-corrected chi connectivity index (χ4v) is 2.71. The van der Waals surface area contributed by atoms with Gasteiger partial charge in [-0.3, -0.25) is 4.79 Å². The van der Waals surface area contributed by atoms with Crippen molar-refractivity contribution >= 4 is 34.7 Å². The van der Waals surface area contributed by atoms with Gasteiger partial charge >= 0.3 is 0 Å². The van der Waals surface area contributed by atoms with E-state index in [0.29, 0.717) is 28.0 Å². The number of benzene rings is 2. The number of nitrogens with zero attached hydrogens (tertiary/aromatic N) is 1. The zero-order valence-corrected chi connectivity index (χ0v) is 15.4. The Morgan fingerprint density at radius 2 is 1.73 bits per heavy atom. The summed E-state index contributed by atoms with van der Waals surface area (Å²) >= 11 is 6.12. The second-order valence-electron chi connectivity index (χ2n) is 6.24. The molecule has 0 atom stereocenters. The fourth-order valence-electron chi connectivity index (χ4n) is 2.53. The highest BCUT2D eigenvalue weighted by Gasteiger charge is 2.14. The van der Waals surface area contributed by atoms with E-state index in [1.165, 1.54) is 5.56 Å². The second kappa shape index (κ2) is 8.02. The first-order chi connectivity index (χ1) is 12.5. The minimum Gasteiger partial charge on any atom is -0.340 e. The Morgan fingerprint density at radius 3 is 2.42 bits per heavy atom. The molecule has 1 aromatic heterocycles. The number of carbonyl (C=O) groups excluding carboxylic acids is 1. The number of hydrogen-bond donors (Lipinski definition) is 2. The third kappa shape index (κ3) is 4.21. The summed E-state index contributed by atoms with van der Waals surface area (Å²) in [7, 11) is 0. The average molecular weight is 366 g/mol. The van der Waals surface area contributed by atoms with Gasteiger partial charge in [0.15, 0.2) is 0 Å². The van der Waals surface area contributed by atoms with E-state index in [1.807, 2.05) is 24.3 Å². The van der Waals surface area contributed by atoms with Crippen LogP contribution in [0.25, 0.3) is 0 Å². The molecule has 3 aromatic rings. The minimum absolute atomic E-state index is 0.271. The topological polar surface area (TPSA) is 54.0 Å². The van der Waals surface area contributed by atoms with Crippen LogP contribution in [0.4, 0.5) is 17.2 Å². The molecular formula is C21H20ClN3O. The normalized spacial score (nSPS) is 10.6. The number of nitrogens with one attached hydrogen (secondary N) is 2. The quantitative estimate of drug-likeness (QED) is 0.595. The first-order valence-corrected chi connectivity index (χ1v) is 8.80. The Balaban J connectivity index is 1.81. The van der Waals surface area contributed by atoms with Crippen molar-refractivity contribution in [2.75, 3.05) is 10.6 Å². The number of aromatic nitrogens is 1. The van der Waals surface area contributed by atoms with Gasteiger partial charge in [0.05, 0.1) is 16.3 Å². The number of anilines is 3. The summed E-state index contributed by atoms with van der Waals surface area (Å²) in [5, 5.41) is 6.53. The molecular weight excluding hydrogens is 346 g/mol. The molecule has 0 radical (unpaired) electrons. The van der Waals surface area contributed by atoms with Crippen molar-refractivity contribution in [3.05, 3.63) is 83.0 Å². The summed E-state index contributed by atoms with van der Waals surface area (Å²) in [6, 6.07) is 18.7. The fraction of sp³-hybridized carbons (Fsp3) is 0.143. The molecule has 4 nitrogen and oxygen atoms in total. The van der Waals surface area contributed by atoms with E-state index in [9.17, 15) is 4.79 Å². The third-order valence-corrected chi connectivity index (χ3v) is 4.34. The first kappa shape index (κ1) is 18.0. The molecule has 0 spiro atoms. The van der Waals surface area contributed by atoms with E-state index < -0.39 is 0 Å². The molecule has 2 aromatic carbocycles. The van der Waals surface area contributed by atoms with Crippen LogP contribution in [0.3, 0.4) is 0 Å². The summed E-state index contributed by atoms with van der Waals surface area (Å²) in [6.07, 6.45) is 1.65. The average Bonchev–Trinajstić information content (AvgIpc) is 2.64. The van der Waals surface area contributed by atoms with Crippen LogP contribution in [0.5, 0.6) is 0 Å². The molecule has 26 heavy (non-hydrogen) atoms. The molecule has 0 saturated heterocycles. The van der Waals surface area contributed by atoms with Crippen LogP contribution in [0.2, 0.25) is 5.02 Å². The van der Waals surface area contributed by atoms with E-state index in [-0.39, 0.29) is 5.91 Å². The van der Waals surface area contributed by atoms with Crippen molar-refractivity contribution in [1.29, 1.82) is 0 Å². The lowest BCUT2D eigenvalue weighted by Gasteiger charge is -2.13. The van der Waals surface area contributed by atoms with Gasteiger partial charge in [-0.15, -0.1) is 0 Å². The number of hydrogen-bond acceptors (Lipinski definition) is 3. The van der Waals surface area contributed by atoms with Crippen molar-refractivity contribution in [2.45, 2.75) is 19.8 Å². The summed E-state index contributed by atoms with van der Waals surface area (Å²) in [5.74, 6) is 0.692. The first-order valence-electron chi connectivity index (χ1n) is 8.42. The molecule has 1 heterocycles. The Morgan fingerprint density at radius 1 is 1.00 bits per heavy atom. The lowest BCUT2D eigenvalue weighted by molar-refractivity contribution is 0.102. The van der Waals surface area contributed by atoms with Gasteiger partial charge in [-0.05, 0) is 47.9 Å². The highest BCUT2D eigenvalue weighted by molar-refractivity contribution is 6.34. The largest absolute Gasteiger partial charge is 0.340 e. The van der Waals surface area contributed by atoms with Gasteiger partial charge < -0.3 is 10.6 Å². The molecule has 0 unspecified atom stereocenters. The van der Waals surface area contributed by atoms with Crippen molar-refractivity contribution in [3.63, 3.8) is 0 Å². The summed E-state index contributed by atoms with van der Waals surface area (Å²) < 4.78 is 0. The van der Waals surface area contributed by atoms with Gasteiger partial charge in [0, 0.05) is 11.9 Å². The summed E-state index contributed by atoms with van der Waals surface area (Å²) in [5.41, 5.74) is 3.14. The Kier molecular flexibility index (Phi) is 5.54. The molecule has 0 bridgehead atoms. The Bertz CT molecular complexity index is 907. The summed E-state index contributed by atoms with van der Waals surface area (Å²) in [6.45, 7) is 4.30. The van der Waals surface area contributed by atoms with E-state index in [4.69, 9.17) is 11.6 Å². The predicted molar refractivity (Wildman–Crippen MR) is 107 cm³/mol. The van der Waals surface area contributed by atoms with Crippen LogP contribution in [-0.2, 0) is 0 Å². The standard InChI is InChI=1S/C21H20ClN3O/c1-14(2)15-9-11-16(12-10-15)24-20-17(6-5-13-23-20)21(26)25-19-8-4-3-7-18(19)22/h3-14H,1-2H3,(H,23,24)(H,25,26). The van der Waals surface area contributed by atoms with Crippen LogP contribution >= 0.6 is 11.6 Å². The number of halogens is 1. The third-order valence-electron chi connectivity index (χ3n) is 4.01. The van der Waals surface area contributed by atoms with E-state index >= 15 is 0 Å². The van der Waals surface area contributed by atoms with Gasteiger partial charge in [0.2, 0.25) is 0 Å². The molecule has 3 rings (SSSR count). The molecule has 0 saturated carbocycles. The maximum atomic E-state index is 12.7. The van der Waals surface area contributed by atoms with Crippen LogP contribution in [0, 0.1) is 0 Å². The monoisotopic (exact) mass is 365 g/mol. The molecule has 0 aliphatic heterocycles. The van der Waals surface area contributed by atoms with E-state index in [0.717, 1.165) is 5.69 Å². The van der Waals surface area contributed by atoms with Crippen LogP contribution in [0.1, 0.15) is 35.7 Å². The maximum Gasteiger partial charge on any atom is 0.259 e. The molecule has 0 aliphatic rings. The number of rotatable bonds is 5. The molecule has 1 amide bonds. The highest BCUT2D eigenvalue weighted by atomic mass is 35.5. The molecule has 2 N–H and O–H groups in total. The predicted octanol–water partition coefficient (Wildman–Crippen LogP) is 5.85. The zero-order valence-electron chi connectivity index (χ0n) is 14.7. The molecule has 0 fully saturated rings. The van der Waals surface area contributed by atoms with Crippen LogP contribution in [0.15, 0.2) is 66.9 Å². The highest BCUT2D eigenvalue weighted by Crippen LogP contribution is 2.24. The van der Waals surface area contributed by atoms with Crippen molar-refractivity contribution in [3.8, 4) is 0 Å². The molecule has 5 heteroatoms. The van der Waals surface area contributed by atoms with Gasteiger partial charge in [-0.1, -0.05) is 49.7 Å². The van der Waals surface area contributed by atoms with Crippen LogP contribution < -0.4 is 10.6 Å². The molecule has 0 aliphatic carbocycles. The number of carbonyl (C=O) groups is 1. The van der Waals surface area contributed by atoms with Crippen molar-refractivity contribution in [1.82, 2.24) is 4.98 Å². The SMILES string of the molecule is CC(C)c1ccc(Nc2ncccc2C(=O)Nc2ccccc2Cl)cc1. The smallest absolute Gasteiger partial charge is 0.259 e.